The maximum atomic E-state index is 12.7. The molecule has 0 radical (unpaired) electrons. The highest BCUT2D eigenvalue weighted by atomic mass is 31.2. The van der Waals surface area contributed by atoms with Gasteiger partial charge in [-0.3, -0.25) is 13.8 Å². The van der Waals surface area contributed by atoms with Gasteiger partial charge in [-0.05, 0) is 38.5 Å². The maximum absolute atomic E-state index is 12.7. The molecule has 0 aromatic rings. The van der Waals surface area contributed by atoms with Gasteiger partial charge in [0.2, 0.25) is 0 Å². The van der Waals surface area contributed by atoms with Crippen LogP contribution in [0.25, 0.3) is 0 Å². The van der Waals surface area contributed by atoms with Crippen molar-refractivity contribution in [3.63, 3.8) is 0 Å². The van der Waals surface area contributed by atoms with Crippen molar-refractivity contribution in [3.8, 4) is 0 Å². The summed E-state index contributed by atoms with van der Waals surface area (Å²) in [5, 5.41) is 50.0. The van der Waals surface area contributed by atoms with Gasteiger partial charge in [0.1, 0.15) is 42.7 Å². The van der Waals surface area contributed by atoms with Crippen LogP contribution in [0.3, 0.4) is 0 Å². The molecule has 6 unspecified atom stereocenters. The first kappa shape index (κ1) is 49.1. The van der Waals surface area contributed by atoms with Crippen molar-refractivity contribution >= 4 is 13.8 Å². The van der Waals surface area contributed by atoms with Crippen LogP contribution in [0.15, 0.2) is 12.2 Å². The van der Waals surface area contributed by atoms with E-state index in [1.165, 1.54) is 83.5 Å². The minimum atomic E-state index is -5.01. The van der Waals surface area contributed by atoms with E-state index in [4.69, 9.17) is 18.5 Å². The second-order valence-corrected chi connectivity index (χ2v) is 15.9. The zero-order valence-electron chi connectivity index (χ0n) is 32.4. The monoisotopic (exact) mass is 766 g/mol. The third kappa shape index (κ3) is 23.8. The lowest BCUT2D eigenvalue weighted by Crippen LogP contribution is -2.64. The second kappa shape index (κ2) is 31.3. The number of aliphatic hydroxyl groups excluding tert-OH is 5. The topological polar surface area (TPSA) is 192 Å². The smallest absolute Gasteiger partial charge is 0.457 e. The molecule has 0 bridgehead atoms. The summed E-state index contributed by atoms with van der Waals surface area (Å²) in [5.74, 6) is -0.486. The number of carbonyl (C=O) groups excluding carboxylic acids is 1. The average Bonchev–Trinajstić information content (AvgIpc) is 3.12. The summed E-state index contributed by atoms with van der Waals surface area (Å²) in [6.07, 6.45) is 18.6. The van der Waals surface area contributed by atoms with Crippen molar-refractivity contribution < 1.29 is 58.3 Å². The largest absolute Gasteiger partial charge is 0.472 e. The highest BCUT2D eigenvalue weighted by Gasteiger charge is 2.51. The number of hydrogen-bond donors (Lipinski definition) is 6. The summed E-state index contributed by atoms with van der Waals surface area (Å²) in [7, 11) is -5.01. The van der Waals surface area contributed by atoms with Crippen molar-refractivity contribution in [2.24, 2.45) is 0 Å². The molecule has 0 saturated heterocycles. The molecule has 1 saturated carbocycles. The van der Waals surface area contributed by atoms with E-state index in [1.807, 2.05) is 0 Å². The summed E-state index contributed by atoms with van der Waals surface area (Å²) in [5.41, 5.74) is 0. The third-order valence-electron chi connectivity index (χ3n) is 9.64. The SMILES string of the molecule is CCCCC/C=C\CCCCCCCC(=O)OC(COCCCCCCCCCCCCCCC)COP(=O)(O)OC1C(O)C(O)C(O)C(O)C1O. The van der Waals surface area contributed by atoms with E-state index in [2.05, 4.69) is 26.0 Å². The molecule has 1 rings (SSSR count). The number of allylic oxidation sites excluding steroid dienone is 2. The Labute approximate surface area is 314 Å². The van der Waals surface area contributed by atoms with Crippen LogP contribution in [-0.4, -0.2) is 98.9 Å². The van der Waals surface area contributed by atoms with Crippen LogP contribution in [0.5, 0.6) is 0 Å². The van der Waals surface area contributed by atoms with E-state index in [9.17, 15) is 39.8 Å². The molecule has 52 heavy (non-hydrogen) atoms. The van der Waals surface area contributed by atoms with Crippen LogP contribution in [0.1, 0.15) is 168 Å². The van der Waals surface area contributed by atoms with Gasteiger partial charge in [-0.1, -0.05) is 135 Å². The number of rotatable bonds is 34. The van der Waals surface area contributed by atoms with E-state index in [-0.39, 0.29) is 13.0 Å². The molecule has 6 atom stereocenters. The molecule has 12 nitrogen and oxygen atoms in total. The number of hydrogen-bond acceptors (Lipinski definition) is 11. The van der Waals surface area contributed by atoms with Gasteiger partial charge in [-0.25, -0.2) is 4.57 Å². The Morgan fingerprint density at radius 3 is 1.56 bits per heavy atom. The second-order valence-electron chi connectivity index (χ2n) is 14.5. The molecule has 308 valence electrons. The fraction of sp³-hybridized carbons (Fsp3) is 0.923. The molecule has 0 heterocycles. The van der Waals surface area contributed by atoms with Crippen molar-refractivity contribution in [1.29, 1.82) is 0 Å². The number of ether oxygens (including phenoxy) is 2. The lowest BCUT2D eigenvalue weighted by atomic mass is 9.85. The van der Waals surface area contributed by atoms with Crippen LogP contribution in [0, 0.1) is 0 Å². The van der Waals surface area contributed by atoms with Gasteiger partial charge in [0.15, 0.2) is 0 Å². The van der Waals surface area contributed by atoms with Gasteiger partial charge in [0, 0.05) is 13.0 Å². The first-order chi connectivity index (χ1) is 25.0. The minimum absolute atomic E-state index is 0.0751. The summed E-state index contributed by atoms with van der Waals surface area (Å²) in [6, 6.07) is 0. The minimum Gasteiger partial charge on any atom is -0.457 e. The van der Waals surface area contributed by atoms with Crippen LogP contribution < -0.4 is 0 Å². The van der Waals surface area contributed by atoms with Crippen LogP contribution in [0.4, 0.5) is 0 Å². The number of carbonyl (C=O) groups is 1. The average molecular weight is 767 g/mol. The predicted molar refractivity (Wildman–Crippen MR) is 203 cm³/mol. The fourth-order valence-electron chi connectivity index (χ4n) is 6.29. The number of aliphatic hydroxyl groups is 5. The van der Waals surface area contributed by atoms with Gasteiger partial charge >= 0.3 is 13.8 Å². The summed E-state index contributed by atoms with van der Waals surface area (Å²) in [6.45, 7) is 4.21. The van der Waals surface area contributed by atoms with E-state index in [0.717, 1.165) is 57.8 Å². The van der Waals surface area contributed by atoms with Gasteiger partial charge < -0.3 is 39.9 Å². The molecule has 0 aromatic carbocycles. The molecule has 1 aliphatic carbocycles. The molecule has 0 amide bonds. The van der Waals surface area contributed by atoms with E-state index in [0.29, 0.717) is 13.0 Å². The summed E-state index contributed by atoms with van der Waals surface area (Å²) >= 11 is 0. The van der Waals surface area contributed by atoms with Crippen LogP contribution in [0.2, 0.25) is 0 Å². The molecule has 13 heteroatoms. The Morgan fingerprint density at radius 1 is 0.596 bits per heavy atom. The van der Waals surface area contributed by atoms with E-state index in [1.54, 1.807) is 0 Å². The number of unbranched alkanes of at least 4 members (excludes halogenated alkanes) is 20. The molecule has 0 aliphatic heterocycles. The number of esters is 1. The Bertz CT molecular complexity index is 921. The maximum Gasteiger partial charge on any atom is 0.472 e. The molecule has 6 N–H and O–H groups in total. The zero-order valence-corrected chi connectivity index (χ0v) is 33.3. The lowest BCUT2D eigenvalue weighted by molar-refractivity contribution is -0.220. The van der Waals surface area contributed by atoms with E-state index >= 15 is 0 Å². The number of phosphoric ester groups is 1. The molecule has 0 spiro atoms. The van der Waals surface area contributed by atoms with Gasteiger partial charge in [0.25, 0.3) is 0 Å². The van der Waals surface area contributed by atoms with Gasteiger partial charge in [0.05, 0.1) is 13.2 Å². The lowest BCUT2D eigenvalue weighted by Gasteiger charge is -2.41. The predicted octanol–water partition coefficient (Wildman–Crippen LogP) is 7.19. The Kier molecular flexibility index (Phi) is 29.6. The first-order valence-corrected chi connectivity index (χ1v) is 22.0. The quantitative estimate of drug-likeness (QED) is 0.0167. The molecular formula is C39H75O12P. The third-order valence-corrected chi connectivity index (χ3v) is 10.6. The standard InChI is InChI=1S/C39H75O12P/c1-3-5-7-9-11-13-15-17-19-21-23-25-27-29-48-30-32(50-33(40)28-26-24-22-20-18-16-14-12-10-8-6-4-2)31-49-52(46,47)51-39-37(44)35(42)34(41)36(43)38(39)45/h12,14,32,34-39,41-45H,3-11,13,15-31H2,1-2H3,(H,46,47)/b14-12-. The molecule has 1 fully saturated rings. The fourth-order valence-corrected chi connectivity index (χ4v) is 7.26. The normalized spacial score (nSPS) is 23.9. The zero-order chi connectivity index (χ0) is 38.5. The van der Waals surface area contributed by atoms with E-state index < -0.39 is 63.1 Å². The summed E-state index contributed by atoms with van der Waals surface area (Å²) in [4.78, 5) is 23.0. The summed E-state index contributed by atoms with van der Waals surface area (Å²) < 4.78 is 34.0. The molecule has 0 aromatic heterocycles. The van der Waals surface area contributed by atoms with Gasteiger partial charge in [-0.15, -0.1) is 0 Å². The number of phosphoric acid groups is 1. The first-order valence-electron chi connectivity index (χ1n) is 20.5. The van der Waals surface area contributed by atoms with Crippen molar-refractivity contribution in [1.82, 2.24) is 0 Å². The van der Waals surface area contributed by atoms with Crippen molar-refractivity contribution in [3.05, 3.63) is 12.2 Å². The Balaban J connectivity index is 2.46. The Morgan fingerprint density at radius 2 is 1.02 bits per heavy atom. The molecule has 1 aliphatic rings. The van der Waals surface area contributed by atoms with Gasteiger partial charge in [-0.2, -0.15) is 0 Å². The molecular weight excluding hydrogens is 691 g/mol. The highest BCUT2D eigenvalue weighted by Crippen LogP contribution is 2.47. The van der Waals surface area contributed by atoms with Crippen molar-refractivity contribution in [2.45, 2.75) is 211 Å². The van der Waals surface area contributed by atoms with Crippen LogP contribution in [-0.2, 0) is 27.9 Å². The highest BCUT2D eigenvalue weighted by molar-refractivity contribution is 7.47. The van der Waals surface area contributed by atoms with Crippen molar-refractivity contribution in [2.75, 3.05) is 19.8 Å². The van der Waals surface area contributed by atoms with Crippen LogP contribution >= 0.6 is 7.82 Å². The Hall–Kier alpha value is -0.920.